The molecule has 4 nitrogen and oxygen atoms in total. The average molecular weight is 251 g/mol. The van der Waals surface area contributed by atoms with Gasteiger partial charge in [0.15, 0.2) is 0 Å². The zero-order valence-electron chi connectivity index (χ0n) is 10.1. The average Bonchev–Trinajstić information content (AvgIpc) is 2.35. The second-order valence-electron chi connectivity index (χ2n) is 3.83. The maximum Gasteiger partial charge on any atom is 0.237 e. The minimum absolute atomic E-state index is 0.0990. The fourth-order valence-corrected chi connectivity index (χ4v) is 1.79. The fourth-order valence-electron chi connectivity index (χ4n) is 1.57. The third-order valence-corrected chi connectivity index (χ3v) is 2.83. The van der Waals surface area contributed by atoms with Crippen molar-refractivity contribution in [3.63, 3.8) is 0 Å². The molecule has 1 rings (SSSR count). The number of hydrogen-bond donors (Lipinski definition) is 1. The maximum atomic E-state index is 12.2. The first kappa shape index (κ1) is 13.6. The van der Waals surface area contributed by atoms with E-state index in [9.17, 15) is 4.79 Å². The van der Waals surface area contributed by atoms with Crippen molar-refractivity contribution in [1.82, 2.24) is 4.98 Å². The smallest absolute Gasteiger partial charge is 0.237 e. The van der Waals surface area contributed by atoms with Gasteiger partial charge in [-0.2, -0.15) is 0 Å². The molecule has 1 aromatic rings. The number of amides is 1. The number of anilines is 1. The van der Waals surface area contributed by atoms with E-state index in [1.54, 1.807) is 25.4 Å². The monoisotopic (exact) mass is 251 g/mol. The van der Waals surface area contributed by atoms with E-state index in [1.165, 1.54) is 4.90 Å². The first-order chi connectivity index (χ1) is 8.07. The highest BCUT2D eigenvalue weighted by molar-refractivity contribution is 7.80. The van der Waals surface area contributed by atoms with Crippen LogP contribution in [0, 0.1) is 5.92 Å². The third kappa shape index (κ3) is 3.49. The molecule has 1 heterocycles. The van der Waals surface area contributed by atoms with E-state index in [0.717, 1.165) is 6.42 Å². The van der Waals surface area contributed by atoms with Gasteiger partial charge >= 0.3 is 0 Å². The van der Waals surface area contributed by atoms with Crippen LogP contribution >= 0.6 is 12.2 Å². The molecular weight excluding hydrogens is 234 g/mol. The van der Waals surface area contributed by atoms with Crippen LogP contribution in [0.2, 0.25) is 0 Å². The first-order valence-corrected chi connectivity index (χ1v) is 5.96. The van der Waals surface area contributed by atoms with Gasteiger partial charge in [0.1, 0.15) is 5.82 Å². The molecule has 0 radical (unpaired) electrons. The summed E-state index contributed by atoms with van der Waals surface area (Å²) in [4.78, 5) is 18.1. The molecule has 0 aliphatic rings. The molecule has 5 heteroatoms. The van der Waals surface area contributed by atoms with Gasteiger partial charge in [0.05, 0.1) is 10.9 Å². The molecule has 0 aliphatic heterocycles. The summed E-state index contributed by atoms with van der Waals surface area (Å²) < 4.78 is 0. The summed E-state index contributed by atoms with van der Waals surface area (Å²) in [6, 6.07) is 5.42. The molecule has 0 spiro atoms. The largest absolute Gasteiger partial charge is 0.393 e. The zero-order valence-corrected chi connectivity index (χ0v) is 10.9. The van der Waals surface area contributed by atoms with E-state index in [0.29, 0.717) is 12.2 Å². The van der Waals surface area contributed by atoms with Crippen molar-refractivity contribution < 1.29 is 4.79 Å². The molecule has 1 amide bonds. The molecule has 1 aromatic heterocycles. The van der Waals surface area contributed by atoms with Gasteiger partial charge in [-0.1, -0.05) is 31.6 Å². The van der Waals surface area contributed by atoms with Crippen LogP contribution < -0.4 is 10.6 Å². The minimum atomic E-state index is -0.401. The summed E-state index contributed by atoms with van der Waals surface area (Å²) in [7, 11) is 1.69. The van der Waals surface area contributed by atoms with Crippen molar-refractivity contribution in [3.8, 4) is 0 Å². The molecule has 0 bridgehead atoms. The lowest BCUT2D eigenvalue weighted by Gasteiger charge is -2.22. The van der Waals surface area contributed by atoms with Crippen LogP contribution in [0.3, 0.4) is 0 Å². The van der Waals surface area contributed by atoms with E-state index >= 15 is 0 Å². The molecule has 0 fully saturated rings. The molecule has 1 atom stereocenters. The molecule has 2 N–H and O–H groups in total. The Balaban J connectivity index is 2.84. The van der Waals surface area contributed by atoms with Crippen LogP contribution in [0.25, 0.3) is 0 Å². The normalized spacial score (nSPS) is 11.9. The zero-order chi connectivity index (χ0) is 12.8. The van der Waals surface area contributed by atoms with Gasteiger partial charge in [0.2, 0.25) is 5.91 Å². The fraction of sp³-hybridized carbons (Fsp3) is 0.417. The Hall–Kier alpha value is -1.49. The van der Waals surface area contributed by atoms with Gasteiger partial charge in [-0.3, -0.25) is 9.69 Å². The van der Waals surface area contributed by atoms with Gasteiger partial charge < -0.3 is 5.73 Å². The van der Waals surface area contributed by atoms with Crippen molar-refractivity contribution in [2.45, 2.75) is 19.8 Å². The Morgan fingerprint density at radius 2 is 2.29 bits per heavy atom. The lowest BCUT2D eigenvalue weighted by molar-refractivity contribution is -0.120. The third-order valence-electron chi connectivity index (χ3n) is 2.54. The molecule has 0 aliphatic carbocycles. The Labute approximate surface area is 107 Å². The van der Waals surface area contributed by atoms with Crippen LogP contribution in [0.4, 0.5) is 5.82 Å². The van der Waals surface area contributed by atoms with Crippen LogP contribution in [-0.4, -0.2) is 22.9 Å². The van der Waals surface area contributed by atoms with Crippen molar-refractivity contribution >= 4 is 28.9 Å². The van der Waals surface area contributed by atoms with Gasteiger partial charge in [-0.15, -0.1) is 0 Å². The highest BCUT2D eigenvalue weighted by Gasteiger charge is 2.24. The number of rotatable bonds is 5. The van der Waals surface area contributed by atoms with Crippen molar-refractivity contribution in [2.24, 2.45) is 11.7 Å². The molecule has 17 heavy (non-hydrogen) atoms. The highest BCUT2D eigenvalue weighted by atomic mass is 32.1. The second-order valence-corrected chi connectivity index (χ2v) is 4.30. The summed E-state index contributed by atoms with van der Waals surface area (Å²) in [6.45, 7) is 2.00. The van der Waals surface area contributed by atoms with Gasteiger partial charge in [0.25, 0.3) is 0 Å². The number of aromatic nitrogens is 1. The van der Waals surface area contributed by atoms with Gasteiger partial charge in [-0.25, -0.2) is 4.98 Å². The second kappa shape index (κ2) is 6.30. The van der Waals surface area contributed by atoms with E-state index in [1.807, 2.05) is 13.0 Å². The standard InChI is InChI=1S/C12H17N3OS/c1-3-6-9(11(13)17)12(16)15(2)10-7-4-5-8-14-10/h4-5,7-9H,3,6H2,1-2H3,(H2,13,17). The molecular formula is C12H17N3OS. The number of pyridine rings is 1. The van der Waals surface area contributed by atoms with E-state index in [2.05, 4.69) is 4.98 Å². The quantitative estimate of drug-likeness (QED) is 0.810. The first-order valence-electron chi connectivity index (χ1n) is 5.55. The Bertz CT molecular complexity index is 394. The van der Waals surface area contributed by atoms with Crippen molar-refractivity contribution in [1.29, 1.82) is 0 Å². The lowest BCUT2D eigenvalue weighted by atomic mass is 10.0. The predicted molar refractivity (Wildman–Crippen MR) is 72.8 cm³/mol. The number of carbonyl (C=O) groups is 1. The molecule has 1 unspecified atom stereocenters. The summed E-state index contributed by atoms with van der Waals surface area (Å²) in [5, 5.41) is 0. The maximum absolute atomic E-state index is 12.2. The SMILES string of the molecule is CCCC(C(=O)N(C)c1ccccn1)C(N)=S. The van der Waals surface area contributed by atoms with Crippen LogP contribution in [0.5, 0.6) is 0 Å². The molecule has 0 aromatic carbocycles. The summed E-state index contributed by atoms with van der Waals surface area (Å²) in [5.74, 6) is 0.106. The summed E-state index contributed by atoms with van der Waals surface area (Å²) >= 11 is 4.94. The minimum Gasteiger partial charge on any atom is -0.393 e. The molecule has 0 saturated heterocycles. The van der Waals surface area contributed by atoms with Gasteiger partial charge in [0, 0.05) is 13.2 Å². The summed E-state index contributed by atoms with van der Waals surface area (Å²) in [5.41, 5.74) is 5.60. The Kier molecular flexibility index (Phi) is 5.03. The Morgan fingerprint density at radius 1 is 1.59 bits per heavy atom. The van der Waals surface area contributed by atoms with E-state index in [-0.39, 0.29) is 10.9 Å². The number of carbonyl (C=O) groups excluding carboxylic acids is 1. The van der Waals surface area contributed by atoms with Crippen molar-refractivity contribution in [2.75, 3.05) is 11.9 Å². The topological polar surface area (TPSA) is 59.2 Å². The Morgan fingerprint density at radius 3 is 2.76 bits per heavy atom. The van der Waals surface area contributed by atoms with Crippen LogP contribution in [0.1, 0.15) is 19.8 Å². The molecule has 0 saturated carbocycles. The van der Waals surface area contributed by atoms with Crippen molar-refractivity contribution in [3.05, 3.63) is 24.4 Å². The van der Waals surface area contributed by atoms with E-state index < -0.39 is 5.92 Å². The van der Waals surface area contributed by atoms with E-state index in [4.69, 9.17) is 18.0 Å². The van der Waals surface area contributed by atoms with Gasteiger partial charge in [-0.05, 0) is 18.6 Å². The highest BCUT2D eigenvalue weighted by Crippen LogP contribution is 2.15. The molecule has 92 valence electrons. The number of nitrogens with zero attached hydrogens (tertiary/aromatic N) is 2. The number of thiocarbonyl (C=S) groups is 1. The van der Waals surface area contributed by atoms with Crippen LogP contribution in [0.15, 0.2) is 24.4 Å². The lowest BCUT2D eigenvalue weighted by Crippen LogP contribution is -2.39. The number of nitrogens with two attached hydrogens (primary N) is 1. The number of hydrogen-bond acceptors (Lipinski definition) is 3. The predicted octanol–water partition coefficient (Wildman–Crippen LogP) is 1.75. The van der Waals surface area contributed by atoms with Crippen LogP contribution in [-0.2, 0) is 4.79 Å². The summed E-state index contributed by atoms with van der Waals surface area (Å²) in [6.07, 6.45) is 3.18.